The van der Waals surface area contributed by atoms with Gasteiger partial charge in [-0.2, -0.15) is 9.59 Å². The number of hydrogen-bond acceptors (Lipinski definition) is 16. The Bertz CT molecular complexity index is 3030. The standard InChI is InChI=1S/C28H29NP2.C19H35N2P.C18H15P.C4H6O3.C3H8O2.C3H6O.CO2.CH4O.3CHO.CH5P.2CH4.2CH3.2ClH.HOP.3Ru.4H/c1-5-13-25(14-6-1)30(26-15-7-2-8-16-26)23-21-29-22-24-31(27-17-9-3-10-18-27)28-19-11-4-12-20-28;1-9-21(10-2)14-16-12-11-13-17(20-16)15-22(18(3,4)5)19(6,7)8;1-4-10-16(11-5-1)19(17-12-6-2-7-13-17)18-14-8-3-9-15-18;1-3-2-6-4(5)7-3;1-3(5)2-4;1-3-2-4-3;2-1-3;5*1-2;;;;;;;1-2;;;;;;;/h1-20,29H,21-24H2;11-13H,9-10,14-15H2,1-8H3;1-15H;3H,2H2,1H3;3-5H,2H2,1H3;3H,2H2,1H3;;2H,1H3;3*1H;2H2,1H3;2*1H4;2*1H3;2*1H;2H;;;;;;;/q;;;;;;;;3*-1;;;;2*-1;;;;;2*+3;;;;/p+2. The number of aromatic nitrogens is 1. The topological polar surface area (TPSA) is 239 Å². The minimum Gasteiger partial charge on any atom is -0.310 e. The fourth-order valence-corrected chi connectivity index (χ4v) is 21.6. The number of pyridine rings is 1. The summed E-state index contributed by atoms with van der Waals surface area (Å²) in [5.41, 5.74) is 2.49. The van der Waals surface area contributed by atoms with E-state index >= 15 is 0 Å². The van der Waals surface area contributed by atoms with E-state index in [1.165, 1.54) is 67.8 Å². The number of ether oxygens (including phenoxy) is 3. The monoisotopic (exact) mass is 1970 g/mol. The zero-order chi connectivity index (χ0) is 82.3. The van der Waals surface area contributed by atoms with Gasteiger partial charge >= 0.3 is 85.8 Å². The SMILES string of the molecule is C.C.CC(O)CO.CC1CO1.CC1COC(=O)O1.CCN(CC)Cc1cccc(C[PH+](C(C)(C)C)C(C)(C)C)n1.CO.CP.O=C=O.O=P.[CH-]=O.[CH-]=O.[CH-]=O.[CH3-].[CH3-].[Cl][RuH+2].[Cl][RuH+2].[RuH2].c1ccc([PH+](CCNCC[PH+](c2ccccc2)c2ccccc2)c2ccccc2)cc1.c1ccc([PH+](c2ccccc2)c2ccccc2)cc1. The van der Waals surface area contributed by atoms with Crippen LogP contribution in [0.15, 0.2) is 231 Å². The molecule has 3 heterocycles. The van der Waals surface area contributed by atoms with Gasteiger partial charge in [0.2, 0.25) is 0 Å². The summed E-state index contributed by atoms with van der Waals surface area (Å²) in [5.74, 6) is 0. The van der Waals surface area contributed by atoms with E-state index in [0.29, 0.717) is 23.0 Å². The van der Waals surface area contributed by atoms with Crippen LogP contribution in [0.1, 0.15) is 102 Å². The van der Waals surface area contributed by atoms with Crippen molar-refractivity contribution in [3.05, 3.63) is 257 Å². The maximum atomic E-state index is 10.0. The summed E-state index contributed by atoms with van der Waals surface area (Å²) in [4.78, 5) is 56.9. The molecule has 632 valence electrons. The van der Waals surface area contributed by atoms with Crippen molar-refractivity contribution in [1.29, 1.82) is 0 Å². The molecule has 0 radical (unpaired) electrons. The number of benzene rings is 7. The second-order valence-corrected chi connectivity index (χ2v) is 36.1. The molecule has 4 unspecified atom stereocenters. The number of epoxide rings is 1. The molecule has 0 spiro atoms. The molecule has 0 bridgehead atoms. The van der Waals surface area contributed by atoms with Crippen molar-refractivity contribution in [2.75, 3.05) is 72.1 Å². The summed E-state index contributed by atoms with van der Waals surface area (Å²) < 4.78 is 21.7. The van der Waals surface area contributed by atoms with Gasteiger partial charge in [-0.3, -0.25) is 34.8 Å². The van der Waals surface area contributed by atoms with Crippen molar-refractivity contribution >= 4 is 139 Å². The third-order valence-corrected chi connectivity index (χ3v) is 27.3. The Morgan fingerprint density at radius 1 is 0.554 bits per heavy atom. The molecule has 10 rings (SSSR count). The van der Waals surface area contributed by atoms with Gasteiger partial charge in [0.1, 0.15) is 37.7 Å². The first-order valence-electron chi connectivity index (χ1n) is 34.0. The first-order chi connectivity index (χ1) is 51.8. The van der Waals surface area contributed by atoms with Crippen molar-refractivity contribution < 1.29 is 117 Å². The van der Waals surface area contributed by atoms with Gasteiger partial charge in [0.05, 0.1) is 111 Å². The normalized spacial score (nSPS) is 11.8. The van der Waals surface area contributed by atoms with E-state index in [1.54, 1.807) is 50.7 Å². The molecule has 16 nitrogen and oxygen atoms in total. The van der Waals surface area contributed by atoms with E-state index in [2.05, 4.69) is 362 Å². The summed E-state index contributed by atoms with van der Waals surface area (Å²) in [6.07, 6.45) is 3.24. The largest absolute Gasteiger partial charge is 0.310 e. The van der Waals surface area contributed by atoms with E-state index in [0.717, 1.165) is 52.6 Å². The van der Waals surface area contributed by atoms with Gasteiger partial charge in [-0.05, 0) is 172 Å². The van der Waals surface area contributed by atoms with Crippen LogP contribution in [0.2, 0.25) is 0 Å². The molecule has 4 N–H and O–H groups in total. The van der Waals surface area contributed by atoms with Crippen LogP contribution in [0, 0.1) is 14.9 Å². The van der Waals surface area contributed by atoms with Crippen molar-refractivity contribution in [3.63, 3.8) is 0 Å². The molecule has 2 saturated heterocycles. The number of nitrogens with one attached hydrogen (secondary N) is 1. The van der Waals surface area contributed by atoms with Crippen LogP contribution in [0.4, 0.5) is 4.79 Å². The Labute approximate surface area is 726 Å². The third kappa shape index (κ3) is 63.0. The second-order valence-electron chi connectivity index (χ2n) is 24.1. The average Bonchev–Trinajstić information content (AvgIpc) is 0.922. The molecule has 1 aromatic heterocycles. The number of halogens is 2. The molecule has 2 fully saturated rings. The Balaban J connectivity index is -0.000000143. The molecule has 2 aliphatic rings. The fourth-order valence-electron chi connectivity index (χ4n) is 10.1. The average molecular weight is 1970 g/mol. The van der Waals surface area contributed by atoms with Gasteiger partial charge in [0.25, 0.3) is 0 Å². The van der Waals surface area contributed by atoms with Crippen molar-refractivity contribution in [2.24, 2.45) is 0 Å². The van der Waals surface area contributed by atoms with Gasteiger partial charge in [-0.1, -0.05) is 169 Å². The Morgan fingerprint density at radius 3 is 1.00 bits per heavy atom. The van der Waals surface area contributed by atoms with Gasteiger partial charge in [0, 0.05) is 34.7 Å². The van der Waals surface area contributed by atoms with Crippen LogP contribution in [0.25, 0.3) is 0 Å². The fraction of sp³-hybridized carbons (Fsp3) is 0.365. The molecule has 0 amide bonds. The first-order valence-corrected chi connectivity index (χ1v) is 46.9. The number of hydrogen-bond donors (Lipinski definition) is 4. The predicted molar refractivity (Wildman–Crippen MR) is 490 cm³/mol. The molecule has 27 heteroatoms. The van der Waals surface area contributed by atoms with Crippen molar-refractivity contribution in [1.82, 2.24) is 15.2 Å². The third-order valence-electron chi connectivity index (χ3n) is 14.6. The summed E-state index contributed by atoms with van der Waals surface area (Å²) in [7, 11) is 11.4. The number of nitrogens with zero attached hydrogens (tertiary/aromatic N) is 2. The van der Waals surface area contributed by atoms with Crippen LogP contribution in [-0.2, 0) is 110 Å². The minimum atomic E-state index is -0.877. The Hall–Kier alpha value is -4.19. The molecule has 0 saturated carbocycles. The number of rotatable bonds is 20. The van der Waals surface area contributed by atoms with Crippen molar-refractivity contribution in [3.8, 4) is 0 Å². The van der Waals surface area contributed by atoms with Gasteiger partial charge < -0.3 is 64.1 Å². The van der Waals surface area contributed by atoms with E-state index in [1.807, 2.05) is 6.66 Å². The van der Waals surface area contributed by atoms with Crippen LogP contribution in [-0.4, -0.2) is 159 Å². The van der Waals surface area contributed by atoms with Crippen LogP contribution < -0.4 is 42.4 Å². The smallest absolute Gasteiger partial charge is 0.102 e. The van der Waals surface area contributed by atoms with E-state index < -0.39 is 43.9 Å². The molecule has 7 aromatic carbocycles. The molecular weight excluding hydrogens is 1830 g/mol. The van der Waals surface area contributed by atoms with Crippen molar-refractivity contribution in [2.45, 2.75) is 132 Å². The van der Waals surface area contributed by atoms with Crippen LogP contribution in [0.3, 0.4) is 0 Å². The number of carbonyl (C=O) groups is 1. The van der Waals surface area contributed by atoms with Gasteiger partial charge in [-0.15, -0.1) is 9.24 Å². The molecule has 8 aromatic rings. The summed E-state index contributed by atoms with van der Waals surface area (Å²) in [6.45, 7) is 42.4. The van der Waals surface area contributed by atoms with Crippen LogP contribution in [0.5, 0.6) is 0 Å². The van der Waals surface area contributed by atoms with E-state index in [9.17, 15) is 4.79 Å². The number of carbonyl (C=O) groups excluding carboxylic acids is 6. The minimum absolute atomic E-state index is 0. The number of aliphatic hydroxyl groups excluding tert-OH is 3. The summed E-state index contributed by atoms with van der Waals surface area (Å²) in [5, 5.41) is 37.9. The number of cyclic esters (lactones) is 2. The maximum Gasteiger partial charge on any atom is 0.102 e. The van der Waals surface area contributed by atoms with Crippen LogP contribution >= 0.6 is 69.4 Å². The maximum absolute atomic E-state index is 10.0. The molecular formula is C85H134Cl2N3O13P6Ru3+3. The Morgan fingerprint density at radius 2 is 0.804 bits per heavy atom. The second kappa shape index (κ2) is 87.6. The van der Waals surface area contributed by atoms with E-state index in [-0.39, 0.29) is 68.0 Å². The zero-order valence-corrected chi connectivity index (χ0v) is 79.9. The zero-order valence-electron chi connectivity index (χ0n) is 66.5. The molecule has 0 aliphatic carbocycles. The van der Waals surface area contributed by atoms with Gasteiger partial charge in [0.15, 0.2) is 0 Å². The van der Waals surface area contributed by atoms with Gasteiger partial charge in [-0.25, -0.2) is 4.79 Å². The van der Waals surface area contributed by atoms with E-state index in [4.69, 9.17) is 53.6 Å². The first kappa shape index (κ1) is 129. The quantitative estimate of drug-likeness (QED) is 0.0105. The number of aliphatic hydroxyl groups is 3. The summed E-state index contributed by atoms with van der Waals surface area (Å²) in [6, 6.07) is 83.3. The predicted octanol–water partition coefficient (Wildman–Crippen LogP) is 14.7. The summed E-state index contributed by atoms with van der Waals surface area (Å²) >= 11 is 3.24. The molecule has 112 heavy (non-hydrogen) atoms. The Kier molecular flexibility index (Phi) is 101. The molecule has 4 atom stereocenters. The molecule has 2 aliphatic heterocycles.